The first-order chi connectivity index (χ1) is 11.5. The van der Waals surface area contributed by atoms with Crippen LogP contribution in [0.2, 0.25) is 0 Å². The summed E-state index contributed by atoms with van der Waals surface area (Å²) in [6, 6.07) is 0. The first-order valence-electron chi connectivity index (χ1n) is 9.77. The highest BCUT2D eigenvalue weighted by Crippen LogP contribution is 2.57. The van der Waals surface area contributed by atoms with Gasteiger partial charge in [-0.05, 0) is 39.0 Å². The molecule has 3 fully saturated rings. The lowest BCUT2D eigenvalue weighted by Crippen LogP contribution is -2.50. The molecule has 0 aromatic heterocycles. The number of fused-ring (bicyclic) bond motifs is 1. The Morgan fingerprint density at radius 1 is 1.21 bits per heavy atom. The van der Waals surface area contributed by atoms with Crippen LogP contribution < -0.4 is 0 Å². The third-order valence-electron chi connectivity index (χ3n) is 6.89. The molecule has 0 radical (unpaired) electrons. The second kappa shape index (κ2) is 7.03. The molecule has 1 heterocycles. The molecule has 1 saturated heterocycles. The van der Waals surface area contributed by atoms with Crippen molar-refractivity contribution in [2.24, 2.45) is 23.7 Å². The van der Waals surface area contributed by atoms with Gasteiger partial charge in [-0.1, -0.05) is 13.3 Å². The van der Waals surface area contributed by atoms with E-state index in [4.69, 9.17) is 9.47 Å². The molecule has 2 bridgehead atoms. The molecule has 3 rings (SSSR count). The summed E-state index contributed by atoms with van der Waals surface area (Å²) in [5, 5.41) is 0. The fourth-order valence-corrected chi connectivity index (χ4v) is 5.22. The van der Waals surface area contributed by atoms with Gasteiger partial charge in [0.25, 0.3) is 0 Å². The van der Waals surface area contributed by atoms with Gasteiger partial charge in [0, 0.05) is 5.92 Å². The van der Waals surface area contributed by atoms with Crippen LogP contribution in [-0.4, -0.2) is 55.3 Å². The second-order valence-electron chi connectivity index (χ2n) is 7.86. The van der Waals surface area contributed by atoms with Crippen molar-refractivity contribution in [1.82, 2.24) is 0 Å². The maximum atomic E-state index is 12.6. The van der Waals surface area contributed by atoms with Crippen LogP contribution in [0.15, 0.2) is 0 Å². The number of quaternary nitrogens is 1. The summed E-state index contributed by atoms with van der Waals surface area (Å²) >= 11 is 0. The molecule has 0 amide bonds. The van der Waals surface area contributed by atoms with Gasteiger partial charge in [-0.15, -0.1) is 0 Å². The van der Waals surface area contributed by atoms with Gasteiger partial charge in [-0.25, -0.2) is 0 Å². The first-order valence-corrected chi connectivity index (χ1v) is 9.77. The van der Waals surface area contributed by atoms with E-state index in [2.05, 4.69) is 20.8 Å². The Balaban J connectivity index is 1.53. The number of nitrogens with zero attached hydrogens (tertiary/aromatic N) is 1. The van der Waals surface area contributed by atoms with E-state index >= 15 is 0 Å². The Morgan fingerprint density at radius 2 is 1.96 bits per heavy atom. The summed E-state index contributed by atoms with van der Waals surface area (Å²) in [6.07, 6.45) is 4.29. The van der Waals surface area contributed by atoms with Gasteiger partial charge in [-0.2, -0.15) is 0 Å². The molecule has 5 nitrogen and oxygen atoms in total. The maximum absolute atomic E-state index is 12.6. The van der Waals surface area contributed by atoms with Crippen LogP contribution >= 0.6 is 0 Å². The number of carbonyl (C=O) groups is 2. The second-order valence-corrected chi connectivity index (χ2v) is 7.86. The molecule has 24 heavy (non-hydrogen) atoms. The molecule has 5 atom stereocenters. The van der Waals surface area contributed by atoms with Crippen LogP contribution in [0.5, 0.6) is 0 Å². The van der Waals surface area contributed by atoms with Crippen LogP contribution in [0.3, 0.4) is 0 Å². The quantitative estimate of drug-likeness (QED) is 0.478. The van der Waals surface area contributed by atoms with Crippen LogP contribution in [0.1, 0.15) is 46.5 Å². The standard InChI is InChI=1S/C19H32NO4/c1-4-7-8-20(5-2,6-3)9-10-23-18(21)16-13-11-14-15(12-13)24-19(22)17(14)16/h13-17H,4-12H2,1-3H3/q+1/t13-,14-,15+,16-,17-/m0/s1. The van der Waals surface area contributed by atoms with Crippen molar-refractivity contribution in [2.75, 3.05) is 32.8 Å². The maximum Gasteiger partial charge on any atom is 0.310 e. The topological polar surface area (TPSA) is 52.6 Å². The minimum atomic E-state index is -0.248. The number of esters is 2. The average molecular weight is 338 g/mol. The SMILES string of the molecule is CCCC[N+](CC)(CC)CCOC(=O)[C@H]1[C@H]2C[C@@H]3[C@@H]1C(=O)O[C@@H]3C2. The van der Waals surface area contributed by atoms with Gasteiger partial charge in [0.15, 0.2) is 0 Å². The van der Waals surface area contributed by atoms with Gasteiger partial charge < -0.3 is 14.0 Å². The van der Waals surface area contributed by atoms with E-state index in [9.17, 15) is 9.59 Å². The van der Waals surface area contributed by atoms with E-state index in [1.54, 1.807) is 0 Å². The van der Waals surface area contributed by atoms with Crippen LogP contribution in [-0.2, 0) is 19.1 Å². The van der Waals surface area contributed by atoms with Crippen molar-refractivity contribution in [2.45, 2.75) is 52.6 Å². The highest BCUT2D eigenvalue weighted by Gasteiger charge is 2.64. The Labute approximate surface area is 145 Å². The van der Waals surface area contributed by atoms with Crippen molar-refractivity contribution in [1.29, 1.82) is 0 Å². The summed E-state index contributed by atoms with van der Waals surface area (Å²) in [6.45, 7) is 11.3. The molecule has 0 aromatic carbocycles. The van der Waals surface area contributed by atoms with Crippen molar-refractivity contribution >= 4 is 11.9 Å². The number of likely N-dealkylation sites (N-methyl/N-ethyl adjacent to an activating group) is 1. The zero-order valence-corrected chi connectivity index (χ0v) is 15.3. The van der Waals surface area contributed by atoms with Crippen LogP contribution in [0.4, 0.5) is 0 Å². The molecule has 0 unspecified atom stereocenters. The van der Waals surface area contributed by atoms with E-state index in [1.807, 2.05) is 0 Å². The van der Waals surface area contributed by atoms with E-state index < -0.39 is 0 Å². The molecular formula is C19H32NO4+. The number of hydrogen-bond acceptors (Lipinski definition) is 4. The van der Waals surface area contributed by atoms with Gasteiger partial charge in [0.05, 0.1) is 31.5 Å². The van der Waals surface area contributed by atoms with Crippen molar-refractivity contribution in [3.8, 4) is 0 Å². The van der Waals surface area contributed by atoms with Crippen LogP contribution in [0.25, 0.3) is 0 Å². The highest BCUT2D eigenvalue weighted by atomic mass is 16.6. The van der Waals surface area contributed by atoms with Gasteiger partial charge in [0.2, 0.25) is 0 Å². The van der Waals surface area contributed by atoms with E-state index in [-0.39, 0.29) is 35.8 Å². The molecule has 2 saturated carbocycles. The summed E-state index contributed by atoms with van der Waals surface area (Å²) in [5.41, 5.74) is 0. The molecule has 3 aliphatic rings. The largest absolute Gasteiger partial charge is 0.462 e. The molecule has 0 aromatic rings. The van der Waals surface area contributed by atoms with E-state index in [1.165, 1.54) is 12.8 Å². The molecule has 136 valence electrons. The molecule has 5 heteroatoms. The van der Waals surface area contributed by atoms with Gasteiger partial charge >= 0.3 is 11.9 Å². The zero-order chi connectivity index (χ0) is 17.3. The third-order valence-corrected chi connectivity index (χ3v) is 6.89. The lowest BCUT2D eigenvalue weighted by Gasteiger charge is -2.37. The van der Waals surface area contributed by atoms with Crippen molar-refractivity contribution < 1.29 is 23.5 Å². The Bertz CT molecular complexity index is 486. The van der Waals surface area contributed by atoms with E-state index in [0.717, 1.165) is 43.5 Å². The normalized spacial score (nSPS) is 33.8. The number of rotatable bonds is 9. The smallest absolute Gasteiger partial charge is 0.310 e. The fourth-order valence-electron chi connectivity index (χ4n) is 5.22. The third kappa shape index (κ3) is 2.96. The average Bonchev–Trinajstić information content (AvgIpc) is 3.20. The molecule has 1 aliphatic heterocycles. The fraction of sp³-hybridized carbons (Fsp3) is 0.895. The van der Waals surface area contributed by atoms with Crippen molar-refractivity contribution in [3.63, 3.8) is 0 Å². The summed E-state index contributed by atoms with van der Waals surface area (Å²) in [7, 11) is 0. The first kappa shape index (κ1) is 17.7. The number of hydrogen-bond donors (Lipinski definition) is 0. The summed E-state index contributed by atoms with van der Waals surface area (Å²) in [4.78, 5) is 24.6. The van der Waals surface area contributed by atoms with Crippen LogP contribution in [0, 0.1) is 23.7 Å². The number of unbranched alkanes of at least 4 members (excludes halogenated alkanes) is 1. The monoisotopic (exact) mass is 338 g/mol. The summed E-state index contributed by atoms with van der Waals surface area (Å²) in [5.74, 6) is -0.237. The number of carbonyl (C=O) groups excluding carboxylic acids is 2. The molecule has 2 aliphatic carbocycles. The van der Waals surface area contributed by atoms with Crippen molar-refractivity contribution in [3.05, 3.63) is 0 Å². The minimum Gasteiger partial charge on any atom is -0.462 e. The number of ether oxygens (including phenoxy) is 2. The predicted molar refractivity (Wildman–Crippen MR) is 90.0 cm³/mol. The Morgan fingerprint density at radius 3 is 2.62 bits per heavy atom. The van der Waals surface area contributed by atoms with Gasteiger partial charge in [0.1, 0.15) is 19.3 Å². The summed E-state index contributed by atoms with van der Waals surface area (Å²) < 4.78 is 12.1. The minimum absolute atomic E-state index is 0.0788. The molecule has 0 spiro atoms. The molecular weight excluding hydrogens is 306 g/mol. The van der Waals surface area contributed by atoms with Gasteiger partial charge in [-0.3, -0.25) is 9.59 Å². The highest BCUT2D eigenvalue weighted by molar-refractivity contribution is 5.85. The Hall–Kier alpha value is -1.10. The lowest BCUT2D eigenvalue weighted by molar-refractivity contribution is -0.925. The zero-order valence-electron chi connectivity index (χ0n) is 15.3. The van der Waals surface area contributed by atoms with E-state index in [0.29, 0.717) is 12.5 Å². The predicted octanol–water partition coefficient (Wildman–Crippen LogP) is 2.38. The Kier molecular flexibility index (Phi) is 5.19. The lowest BCUT2D eigenvalue weighted by atomic mass is 9.80. The molecule has 0 N–H and O–H groups in total.